The first kappa shape index (κ1) is 19.8. The third-order valence-corrected chi connectivity index (χ3v) is 4.56. The summed E-state index contributed by atoms with van der Waals surface area (Å²) in [6, 6.07) is 13.0. The van der Waals surface area contributed by atoms with Gasteiger partial charge in [0.05, 0.1) is 24.9 Å². The molecule has 0 radical (unpaired) electrons. The van der Waals surface area contributed by atoms with Gasteiger partial charge in [0.25, 0.3) is 5.91 Å². The third kappa shape index (κ3) is 5.07. The number of carbonyl (C=O) groups is 2. The molecule has 1 saturated heterocycles. The van der Waals surface area contributed by atoms with E-state index in [4.69, 9.17) is 9.47 Å². The average Bonchev–Trinajstić information content (AvgIpc) is 2.69. The van der Waals surface area contributed by atoms with Crippen LogP contribution in [-0.2, 0) is 14.3 Å². The van der Waals surface area contributed by atoms with Crippen molar-refractivity contribution in [3.63, 3.8) is 0 Å². The first-order valence-electron chi connectivity index (χ1n) is 9.14. The Hall–Kier alpha value is -2.93. The summed E-state index contributed by atoms with van der Waals surface area (Å²) in [6.45, 7) is 2.83. The summed E-state index contributed by atoms with van der Waals surface area (Å²) in [5.41, 5.74) is 1.06. The summed E-state index contributed by atoms with van der Waals surface area (Å²) >= 11 is 0. The van der Waals surface area contributed by atoms with E-state index >= 15 is 0 Å². The molecule has 3 rings (SSSR count). The molecular formula is C21H23FN2O4. The average molecular weight is 386 g/mol. The molecule has 0 aliphatic carbocycles. The fourth-order valence-corrected chi connectivity index (χ4v) is 3.07. The van der Waals surface area contributed by atoms with E-state index in [0.717, 1.165) is 5.56 Å². The van der Waals surface area contributed by atoms with E-state index < -0.39 is 11.9 Å². The zero-order valence-corrected chi connectivity index (χ0v) is 15.7. The molecule has 0 bridgehead atoms. The molecule has 1 fully saturated rings. The van der Waals surface area contributed by atoms with Crippen molar-refractivity contribution in [3.8, 4) is 5.75 Å². The molecule has 0 spiro atoms. The fourth-order valence-electron chi connectivity index (χ4n) is 3.07. The second-order valence-electron chi connectivity index (χ2n) is 6.60. The number of carbonyl (C=O) groups excluding carboxylic acids is 2. The van der Waals surface area contributed by atoms with E-state index in [1.165, 1.54) is 12.1 Å². The normalized spacial score (nSPS) is 16.5. The molecule has 28 heavy (non-hydrogen) atoms. The SMILES string of the molecule is Cc1ccccc1OCC(=O)N1CCOCC1CC(=O)Nc1ccccc1F. The number of nitrogens with one attached hydrogen (secondary N) is 1. The smallest absolute Gasteiger partial charge is 0.260 e. The van der Waals surface area contributed by atoms with Gasteiger partial charge in [0.1, 0.15) is 11.6 Å². The van der Waals surface area contributed by atoms with Crippen LogP contribution in [0.25, 0.3) is 0 Å². The molecule has 1 aliphatic heterocycles. The predicted molar refractivity (Wildman–Crippen MR) is 103 cm³/mol. The fraction of sp³-hybridized carbons (Fsp3) is 0.333. The Bertz CT molecular complexity index is 843. The monoisotopic (exact) mass is 386 g/mol. The number of nitrogens with zero attached hydrogens (tertiary/aromatic N) is 1. The zero-order valence-electron chi connectivity index (χ0n) is 15.7. The van der Waals surface area contributed by atoms with Crippen molar-refractivity contribution in [1.82, 2.24) is 4.90 Å². The number of benzene rings is 2. The summed E-state index contributed by atoms with van der Waals surface area (Å²) in [5, 5.41) is 2.54. The maximum Gasteiger partial charge on any atom is 0.260 e. The van der Waals surface area contributed by atoms with Crippen LogP contribution in [0, 0.1) is 12.7 Å². The van der Waals surface area contributed by atoms with Crippen LogP contribution in [0.1, 0.15) is 12.0 Å². The van der Waals surface area contributed by atoms with E-state index in [9.17, 15) is 14.0 Å². The van der Waals surface area contributed by atoms with E-state index in [2.05, 4.69) is 5.32 Å². The lowest BCUT2D eigenvalue weighted by molar-refractivity contribution is -0.143. The van der Waals surface area contributed by atoms with Gasteiger partial charge in [-0.2, -0.15) is 0 Å². The first-order valence-corrected chi connectivity index (χ1v) is 9.14. The second kappa shape index (κ2) is 9.32. The summed E-state index contributed by atoms with van der Waals surface area (Å²) in [6.07, 6.45) is 0.0183. The van der Waals surface area contributed by atoms with Crippen molar-refractivity contribution in [3.05, 3.63) is 59.9 Å². The number of hydrogen-bond acceptors (Lipinski definition) is 4. The highest BCUT2D eigenvalue weighted by molar-refractivity contribution is 5.91. The minimum atomic E-state index is -0.504. The molecule has 2 amide bonds. The number of ether oxygens (including phenoxy) is 2. The Morgan fingerprint density at radius 2 is 1.96 bits per heavy atom. The molecule has 0 saturated carbocycles. The van der Waals surface area contributed by atoms with Crippen molar-refractivity contribution in [1.29, 1.82) is 0 Å². The van der Waals surface area contributed by atoms with Gasteiger partial charge < -0.3 is 19.7 Å². The van der Waals surface area contributed by atoms with Crippen molar-refractivity contribution in [2.24, 2.45) is 0 Å². The van der Waals surface area contributed by atoms with Gasteiger partial charge in [0.15, 0.2) is 6.61 Å². The van der Waals surface area contributed by atoms with Gasteiger partial charge in [-0.3, -0.25) is 9.59 Å². The maximum absolute atomic E-state index is 13.7. The van der Waals surface area contributed by atoms with E-state index in [1.807, 2.05) is 25.1 Å². The number of amides is 2. The summed E-state index contributed by atoms with van der Waals surface area (Å²) in [5.74, 6) is -0.443. The second-order valence-corrected chi connectivity index (χ2v) is 6.60. The van der Waals surface area contributed by atoms with Crippen LogP contribution in [0.5, 0.6) is 5.75 Å². The number of aryl methyl sites for hydroxylation is 1. The molecule has 1 aliphatic rings. The highest BCUT2D eigenvalue weighted by atomic mass is 19.1. The lowest BCUT2D eigenvalue weighted by atomic mass is 10.1. The molecule has 1 atom stereocenters. The maximum atomic E-state index is 13.7. The van der Waals surface area contributed by atoms with Crippen molar-refractivity contribution in [2.45, 2.75) is 19.4 Å². The number of hydrogen-bond donors (Lipinski definition) is 1. The minimum absolute atomic E-state index is 0.0183. The molecule has 1 unspecified atom stereocenters. The van der Waals surface area contributed by atoms with Gasteiger partial charge in [0.2, 0.25) is 5.91 Å². The topological polar surface area (TPSA) is 67.9 Å². The summed E-state index contributed by atoms with van der Waals surface area (Å²) in [7, 11) is 0. The molecule has 7 heteroatoms. The minimum Gasteiger partial charge on any atom is -0.484 e. The van der Waals surface area contributed by atoms with E-state index in [-0.39, 0.29) is 37.1 Å². The molecule has 6 nitrogen and oxygen atoms in total. The standard InChI is InChI=1S/C21H23FN2O4/c1-15-6-2-5-9-19(15)28-14-21(26)24-10-11-27-13-16(24)12-20(25)23-18-8-4-3-7-17(18)22/h2-9,16H,10-14H2,1H3,(H,23,25). The Morgan fingerprint density at radius 1 is 1.21 bits per heavy atom. The third-order valence-electron chi connectivity index (χ3n) is 4.56. The molecule has 0 aromatic heterocycles. The number of morpholine rings is 1. The number of halogens is 1. The molecule has 2 aromatic rings. The number of rotatable bonds is 6. The highest BCUT2D eigenvalue weighted by Crippen LogP contribution is 2.18. The Balaban J connectivity index is 1.58. The molecule has 2 aromatic carbocycles. The largest absolute Gasteiger partial charge is 0.484 e. The number of para-hydroxylation sites is 2. The van der Waals surface area contributed by atoms with E-state index in [0.29, 0.717) is 18.9 Å². The molecule has 148 valence electrons. The van der Waals surface area contributed by atoms with Gasteiger partial charge in [-0.15, -0.1) is 0 Å². The Labute approximate surface area is 163 Å². The number of anilines is 1. The quantitative estimate of drug-likeness (QED) is 0.829. The summed E-state index contributed by atoms with van der Waals surface area (Å²) < 4.78 is 24.8. The first-order chi connectivity index (χ1) is 13.5. The van der Waals surface area contributed by atoms with Crippen LogP contribution in [0.2, 0.25) is 0 Å². The molecule has 1 heterocycles. The Kier molecular flexibility index (Phi) is 6.60. The zero-order chi connectivity index (χ0) is 19.9. The summed E-state index contributed by atoms with van der Waals surface area (Å²) in [4.78, 5) is 26.6. The van der Waals surface area contributed by atoms with Gasteiger partial charge in [-0.1, -0.05) is 30.3 Å². The lowest BCUT2D eigenvalue weighted by Crippen LogP contribution is -2.51. The van der Waals surface area contributed by atoms with Crippen LogP contribution in [0.15, 0.2) is 48.5 Å². The van der Waals surface area contributed by atoms with Gasteiger partial charge in [-0.05, 0) is 30.7 Å². The molecular weight excluding hydrogens is 363 g/mol. The lowest BCUT2D eigenvalue weighted by Gasteiger charge is -2.35. The van der Waals surface area contributed by atoms with E-state index in [1.54, 1.807) is 23.1 Å². The van der Waals surface area contributed by atoms with Crippen LogP contribution in [0.3, 0.4) is 0 Å². The van der Waals surface area contributed by atoms with Crippen molar-refractivity contribution in [2.75, 3.05) is 31.7 Å². The highest BCUT2D eigenvalue weighted by Gasteiger charge is 2.29. The van der Waals surface area contributed by atoms with Crippen LogP contribution >= 0.6 is 0 Å². The Morgan fingerprint density at radius 3 is 2.75 bits per heavy atom. The van der Waals surface area contributed by atoms with Gasteiger partial charge >= 0.3 is 0 Å². The van der Waals surface area contributed by atoms with Gasteiger partial charge in [-0.25, -0.2) is 4.39 Å². The van der Waals surface area contributed by atoms with Crippen molar-refractivity contribution < 1.29 is 23.5 Å². The van der Waals surface area contributed by atoms with Crippen LogP contribution in [0.4, 0.5) is 10.1 Å². The van der Waals surface area contributed by atoms with Crippen LogP contribution < -0.4 is 10.1 Å². The van der Waals surface area contributed by atoms with Crippen molar-refractivity contribution >= 4 is 17.5 Å². The molecule has 1 N–H and O–H groups in total. The van der Waals surface area contributed by atoms with Gasteiger partial charge in [0, 0.05) is 13.0 Å². The van der Waals surface area contributed by atoms with Crippen LogP contribution in [-0.4, -0.2) is 49.1 Å². The predicted octanol–water partition coefficient (Wildman–Crippen LogP) is 2.77.